The zero-order valence-corrected chi connectivity index (χ0v) is 10.6. The van der Waals surface area contributed by atoms with E-state index >= 15 is 0 Å². The smallest absolute Gasteiger partial charge is 0.314 e. The molecular formula is C7H8N4O8S. The van der Waals surface area contributed by atoms with Crippen LogP contribution in [0.25, 0.3) is 0 Å². The zero-order valence-electron chi connectivity index (χ0n) is 9.83. The molecule has 0 fully saturated rings. The summed E-state index contributed by atoms with van der Waals surface area (Å²) in [6, 6.07) is -1.81. The second kappa shape index (κ2) is 4.61. The highest BCUT2D eigenvalue weighted by Gasteiger charge is 2.59. The lowest BCUT2D eigenvalue weighted by atomic mass is 9.99. The first-order valence-electron chi connectivity index (χ1n) is 4.78. The number of nitro groups is 3. The molecule has 1 aliphatic carbocycles. The first-order valence-corrected chi connectivity index (χ1v) is 6.67. The monoisotopic (exact) mass is 308 g/mol. The third-order valence-corrected chi connectivity index (χ3v) is 3.79. The van der Waals surface area contributed by atoms with Gasteiger partial charge in [-0.25, -0.2) is 8.42 Å². The highest BCUT2D eigenvalue weighted by molar-refractivity contribution is 7.94. The molecule has 0 radical (unpaired) electrons. The van der Waals surface area contributed by atoms with Gasteiger partial charge in [-0.05, 0) is 0 Å². The van der Waals surface area contributed by atoms with Crippen molar-refractivity contribution in [1.29, 1.82) is 0 Å². The van der Waals surface area contributed by atoms with E-state index in [1.54, 1.807) is 0 Å². The molecule has 0 aromatic carbocycles. The maximum atomic E-state index is 11.5. The molecule has 1 aliphatic rings. The first kappa shape index (κ1) is 15.6. The molecule has 1 rings (SSSR count). The van der Waals surface area contributed by atoms with Crippen molar-refractivity contribution in [2.45, 2.75) is 11.7 Å². The van der Waals surface area contributed by atoms with Crippen molar-refractivity contribution >= 4 is 9.84 Å². The topological polar surface area (TPSA) is 190 Å². The van der Waals surface area contributed by atoms with Gasteiger partial charge in [-0.15, -0.1) is 0 Å². The van der Waals surface area contributed by atoms with Gasteiger partial charge in [0.1, 0.15) is 22.0 Å². The number of nitrogens with two attached hydrogens (primary N) is 1. The standard InChI is InChI=1S/C7H8N4O8S/c1-20(18,19)5-3-7(10(14)15,11(16)17)2-4(6(5)8)9(12)13/h2-3,6H,8H2,1H3. The number of nitrogens with zero attached hydrogens (tertiary/aromatic N) is 3. The molecule has 12 nitrogen and oxygen atoms in total. The molecule has 0 amide bonds. The van der Waals surface area contributed by atoms with Gasteiger partial charge in [-0.3, -0.25) is 30.3 Å². The van der Waals surface area contributed by atoms with Gasteiger partial charge in [0.25, 0.3) is 5.70 Å². The Morgan fingerprint density at radius 2 is 1.60 bits per heavy atom. The fourth-order valence-electron chi connectivity index (χ4n) is 1.58. The normalized spacial score (nSPS) is 21.6. The summed E-state index contributed by atoms with van der Waals surface area (Å²) in [7, 11) is -4.20. The zero-order chi connectivity index (χ0) is 15.9. The summed E-state index contributed by atoms with van der Waals surface area (Å²) in [5.74, 6) is 0. The average molecular weight is 308 g/mol. The highest BCUT2D eigenvalue weighted by Crippen LogP contribution is 2.30. The van der Waals surface area contributed by atoms with E-state index in [2.05, 4.69) is 0 Å². The second-order valence-corrected chi connectivity index (χ2v) is 5.94. The molecule has 1 unspecified atom stereocenters. The maximum Gasteiger partial charge on any atom is 0.504 e. The van der Waals surface area contributed by atoms with E-state index < -0.39 is 46.9 Å². The summed E-state index contributed by atoms with van der Waals surface area (Å²) in [6.45, 7) is 0. The van der Waals surface area contributed by atoms with Crippen LogP contribution in [0.5, 0.6) is 0 Å². The molecule has 20 heavy (non-hydrogen) atoms. The maximum absolute atomic E-state index is 11.5. The summed E-state index contributed by atoms with van der Waals surface area (Å²) in [4.78, 5) is 27.5. The van der Waals surface area contributed by atoms with Gasteiger partial charge >= 0.3 is 5.66 Å². The van der Waals surface area contributed by atoms with Crippen LogP contribution in [0.15, 0.2) is 22.8 Å². The molecule has 0 aromatic rings. The van der Waals surface area contributed by atoms with Gasteiger partial charge in [0.2, 0.25) is 0 Å². The molecular weight excluding hydrogens is 300 g/mol. The van der Waals surface area contributed by atoms with Gasteiger partial charge in [0, 0.05) is 6.26 Å². The summed E-state index contributed by atoms with van der Waals surface area (Å²) < 4.78 is 22.9. The van der Waals surface area contributed by atoms with Crippen molar-refractivity contribution in [1.82, 2.24) is 0 Å². The van der Waals surface area contributed by atoms with Crippen LogP contribution >= 0.6 is 0 Å². The van der Waals surface area contributed by atoms with Crippen LogP contribution < -0.4 is 5.73 Å². The highest BCUT2D eigenvalue weighted by atomic mass is 32.2. The summed E-state index contributed by atoms with van der Waals surface area (Å²) in [6.07, 6.45) is 0.929. The Morgan fingerprint density at radius 1 is 1.15 bits per heavy atom. The third kappa shape index (κ3) is 2.35. The molecule has 110 valence electrons. The summed E-state index contributed by atoms with van der Waals surface area (Å²) >= 11 is 0. The van der Waals surface area contributed by atoms with E-state index in [1.807, 2.05) is 0 Å². The summed E-state index contributed by atoms with van der Waals surface area (Å²) in [5.41, 5.74) is 0.966. The van der Waals surface area contributed by atoms with Crippen LogP contribution in [-0.4, -0.2) is 41.1 Å². The Kier molecular flexibility index (Phi) is 3.60. The van der Waals surface area contributed by atoms with Crippen LogP contribution in [0.3, 0.4) is 0 Å². The second-order valence-electron chi connectivity index (χ2n) is 3.92. The molecule has 2 N–H and O–H groups in total. The van der Waals surface area contributed by atoms with Crippen molar-refractivity contribution in [3.63, 3.8) is 0 Å². The lowest BCUT2D eigenvalue weighted by Gasteiger charge is -2.20. The molecule has 0 saturated carbocycles. The number of hydrogen-bond acceptors (Lipinski definition) is 9. The Labute approximate surface area is 110 Å². The van der Waals surface area contributed by atoms with Crippen LogP contribution in [0, 0.1) is 30.3 Å². The first-order chi connectivity index (χ1) is 8.93. The van der Waals surface area contributed by atoms with E-state index in [9.17, 15) is 38.8 Å². The van der Waals surface area contributed by atoms with Crippen molar-refractivity contribution in [3.05, 3.63) is 53.1 Å². The van der Waals surface area contributed by atoms with Gasteiger partial charge in [-0.2, -0.15) is 0 Å². The van der Waals surface area contributed by atoms with Crippen LogP contribution in [0.4, 0.5) is 0 Å². The van der Waals surface area contributed by atoms with Gasteiger partial charge in [-0.1, -0.05) is 0 Å². The third-order valence-electron chi connectivity index (χ3n) is 2.56. The van der Waals surface area contributed by atoms with Crippen molar-refractivity contribution in [2.75, 3.05) is 6.26 Å². The minimum Gasteiger partial charge on any atom is -0.314 e. The predicted molar refractivity (Wildman–Crippen MR) is 62.7 cm³/mol. The van der Waals surface area contributed by atoms with Gasteiger partial charge in [0.15, 0.2) is 9.84 Å². The Hall–Kier alpha value is -2.41. The van der Waals surface area contributed by atoms with E-state index in [4.69, 9.17) is 5.73 Å². The lowest BCUT2D eigenvalue weighted by Crippen LogP contribution is -2.49. The molecule has 1 atom stereocenters. The fourth-order valence-corrected chi connectivity index (χ4v) is 2.54. The minimum atomic E-state index is -4.20. The van der Waals surface area contributed by atoms with Crippen LogP contribution in [0.2, 0.25) is 0 Å². The number of sulfone groups is 1. The average Bonchev–Trinajstić information content (AvgIpc) is 2.26. The van der Waals surface area contributed by atoms with Crippen LogP contribution in [0.1, 0.15) is 0 Å². The number of rotatable bonds is 4. The van der Waals surface area contributed by atoms with Crippen molar-refractivity contribution in [3.8, 4) is 0 Å². The predicted octanol–water partition coefficient (Wildman–Crippen LogP) is -1.33. The molecule has 0 saturated heterocycles. The van der Waals surface area contributed by atoms with E-state index in [0.717, 1.165) is 0 Å². The number of hydrogen-bond donors (Lipinski definition) is 1. The summed E-state index contributed by atoms with van der Waals surface area (Å²) in [5, 5.41) is 32.5. The van der Waals surface area contributed by atoms with Gasteiger partial charge < -0.3 is 5.73 Å². The molecule has 0 aliphatic heterocycles. The molecule has 0 spiro atoms. The van der Waals surface area contributed by atoms with E-state index in [-0.39, 0.29) is 12.2 Å². The van der Waals surface area contributed by atoms with Crippen molar-refractivity contribution in [2.24, 2.45) is 5.73 Å². The van der Waals surface area contributed by atoms with Crippen LogP contribution in [-0.2, 0) is 9.84 Å². The van der Waals surface area contributed by atoms with E-state index in [1.165, 1.54) is 0 Å². The Bertz CT molecular complexity index is 648. The molecule has 0 heterocycles. The Balaban J connectivity index is 3.75. The molecule has 0 bridgehead atoms. The van der Waals surface area contributed by atoms with Crippen molar-refractivity contribution < 1.29 is 23.2 Å². The lowest BCUT2D eigenvalue weighted by molar-refractivity contribution is -0.766. The van der Waals surface area contributed by atoms with Gasteiger partial charge in [0.05, 0.1) is 15.9 Å². The molecule has 0 aromatic heterocycles. The minimum absolute atomic E-state index is 0.131. The van der Waals surface area contributed by atoms with E-state index in [0.29, 0.717) is 6.26 Å². The largest absolute Gasteiger partial charge is 0.504 e. The quantitative estimate of drug-likeness (QED) is 0.372. The fraction of sp³-hybridized carbons (Fsp3) is 0.429. The SMILES string of the molecule is CS(=O)(=O)C1=CC([N+](=O)[O-])([N+](=O)[O-])C=C([N+](=O)[O-])C1N. The molecule has 13 heteroatoms. The Morgan fingerprint density at radius 3 is 1.90 bits per heavy atom.